The molecular formula is C20H20BrNO3. The van der Waals surface area contributed by atoms with Gasteiger partial charge in [0.05, 0.1) is 0 Å². The molecule has 0 atom stereocenters. The molecule has 0 radical (unpaired) electrons. The SMILES string of the molecule is Cc1cc(C(=O)COC(=O)/C=C/c2ccccc2Br)c(C)n1C1CC1. The van der Waals surface area contributed by atoms with Gasteiger partial charge in [-0.1, -0.05) is 34.1 Å². The predicted octanol–water partition coefficient (Wildman–Crippen LogP) is 4.64. The molecule has 0 saturated heterocycles. The van der Waals surface area contributed by atoms with E-state index < -0.39 is 5.97 Å². The Kier molecular flexibility index (Phi) is 5.23. The van der Waals surface area contributed by atoms with Gasteiger partial charge in [0.15, 0.2) is 6.61 Å². The molecule has 1 aromatic carbocycles. The van der Waals surface area contributed by atoms with Crippen molar-refractivity contribution in [3.8, 4) is 0 Å². The summed E-state index contributed by atoms with van der Waals surface area (Å²) in [6.45, 7) is 3.72. The number of ketones is 1. The van der Waals surface area contributed by atoms with Gasteiger partial charge in [0.1, 0.15) is 0 Å². The third-order valence-corrected chi connectivity index (χ3v) is 5.07. The molecular weight excluding hydrogens is 382 g/mol. The normalized spacial score (nSPS) is 14.0. The zero-order chi connectivity index (χ0) is 18.0. The quantitative estimate of drug-likeness (QED) is 0.402. The number of benzene rings is 1. The topological polar surface area (TPSA) is 48.3 Å². The van der Waals surface area contributed by atoms with E-state index in [9.17, 15) is 9.59 Å². The van der Waals surface area contributed by atoms with Crippen LogP contribution in [0.3, 0.4) is 0 Å². The van der Waals surface area contributed by atoms with Crippen LogP contribution in [0.5, 0.6) is 0 Å². The van der Waals surface area contributed by atoms with Crippen molar-refractivity contribution >= 4 is 33.8 Å². The highest BCUT2D eigenvalue weighted by Gasteiger charge is 2.28. The molecule has 0 N–H and O–H groups in total. The number of hydrogen-bond acceptors (Lipinski definition) is 3. The molecule has 3 rings (SSSR count). The van der Waals surface area contributed by atoms with Crippen LogP contribution < -0.4 is 0 Å². The van der Waals surface area contributed by atoms with Crippen molar-refractivity contribution in [2.45, 2.75) is 32.7 Å². The molecule has 130 valence electrons. The lowest BCUT2D eigenvalue weighted by Gasteiger charge is -2.07. The fourth-order valence-corrected chi connectivity index (χ4v) is 3.40. The molecule has 5 heteroatoms. The Morgan fingerprint density at radius 2 is 2.00 bits per heavy atom. The molecule has 1 aliphatic carbocycles. The summed E-state index contributed by atoms with van der Waals surface area (Å²) < 4.78 is 8.20. The molecule has 0 aliphatic heterocycles. The van der Waals surface area contributed by atoms with Crippen molar-refractivity contribution in [1.82, 2.24) is 4.57 Å². The summed E-state index contributed by atoms with van der Waals surface area (Å²) >= 11 is 3.41. The van der Waals surface area contributed by atoms with Crippen molar-refractivity contribution in [3.63, 3.8) is 0 Å². The van der Waals surface area contributed by atoms with Gasteiger partial charge >= 0.3 is 5.97 Å². The smallest absolute Gasteiger partial charge is 0.331 e. The van der Waals surface area contributed by atoms with Gasteiger partial charge in [-0.05, 0) is 50.5 Å². The molecule has 0 spiro atoms. The van der Waals surface area contributed by atoms with E-state index in [1.807, 2.05) is 44.2 Å². The van der Waals surface area contributed by atoms with Crippen LogP contribution in [0.4, 0.5) is 0 Å². The zero-order valence-corrected chi connectivity index (χ0v) is 15.9. The number of aryl methyl sites for hydroxylation is 1. The molecule has 1 heterocycles. The second kappa shape index (κ2) is 7.40. The summed E-state index contributed by atoms with van der Waals surface area (Å²) in [5.41, 5.74) is 3.57. The van der Waals surface area contributed by atoms with Crippen molar-refractivity contribution in [3.05, 3.63) is 63.4 Å². The Balaban J connectivity index is 1.60. The molecule has 1 aliphatic rings. The summed E-state index contributed by atoms with van der Waals surface area (Å²) in [5.74, 6) is -0.692. The predicted molar refractivity (Wildman–Crippen MR) is 101 cm³/mol. The number of esters is 1. The summed E-state index contributed by atoms with van der Waals surface area (Å²) in [4.78, 5) is 24.2. The van der Waals surface area contributed by atoms with E-state index in [4.69, 9.17) is 4.74 Å². The number of hydrogen-bond donors (Lipinski definition) is 0. The fraction of sp³-hybridized carbons (Fsp3) is 0.300. The minimum absolute atomic E-state index is 0.164. The first-order chi connectivity index (χ1) is 12.0. The van der Waals surface area contributed by atoms with Crippen LogP contribution in [0.2, 0.25) is 0 Å². The number of nitrogens with zero attached hydrogens (tertiary/aromatic N) is 1. The highest BCUT2D eigenvalue weighted by Crippen LogP contribution is 2.38. The summed E-state index contributed by atoms with van der Waals surface area (Å²) in [6.07, 6.45) is 5.33. The summed E-state index contributed by atoms with van der Waals surface area (Å²) in [7, 11) is 0. The molecule has 1 saturated carbocycles. The second-order valence-corrected chi connectivity index (χ2v) is 7.13. The van der Waals surface area contributed by atoms with Crippen LogP contribution in [-0.2, 0) is 9.53 Å². The van der Waals surface area contributed by atoms with E-state index >= 15 is 0 Å². The van der Waals surface area contributed by atoms with E-state index in [0.717, 1.165) is 21.4 Å². The van der Waals surface area contributed by atoms with E-state index in [0.29, 0.717) is 11.6 Å². The lowest BCUT2D eigenvalue weighted by molar-refractivity contribution is -0.136. The third kappa shape index (κ3) is 4.10. The van der Waals surface area contributed by atoms with E-state index in [1.165, 1.54) is 18.9 Å². The van der Waals surface area contributed by atoms with Crippen molar-refractivity contribution in [2.75, 3.05) is 6.61 Å². The van der Waals surface area contributed by atoms with Crippen LogP contribution in [0.15, 0.2) is 40.9 Å². The van der Waals surface area contributed by atoms with Gasteiger partial charge in [-0.3, -0.25) is 4.79 Å². The van der Waals surface area contributed by atoms with Crippen LogP contribution >= 0.6 is 15.9 Å². The Morgan fingerprint density at radius 1 is 1.28 bits per heavy atom. The first-order valence-electron chi connectivity index (χ1n) is 8.28. The average Bonchev–Trinajstić information content (AvgIpc) is 3.37. The van der Waals surface area contributed by atoms with Gasteiger partial charge in [0, 0.05) is 33.5 Å². The number of ether oxygens (including phenoxy) is 1. The number of Topliss-reactive ketones (excluding diaryl/α,β-unsaturated/α-hetero) is 1. The minimum atomic E-state index is -0.528. The Bertz CT molecular complexity index is 847. The van der Waals surface area contributed by atoms with Gasteiger partial charge in [-0.15, -0.1) is 0 Å². The Hall–Kier alpha value is -2.14. The molecule has 1 fully saturated rings. The lowest BCUT2D eigenvalue weighted by atomic mass is 10.1. The molecule has 0 unspecified atom stereocenters. The number of carbonyl (C=O) groups is 2. The van der Waals surface area contributed by atoms with Crippen LogP contribution in [0, 0.1) is 13.8 Å². The highest BCUT2D eigenvalue weighted by atomic mass is 79.9. The third-order valence-electron chi connectivity index (χ3n) is 4.35. The monoisotopic (exact) mass is 401 g/mol. The van der Waals surface area contributed by atoms with Crippen molar-refractivity contribution < 1.29 is 14.3 Å². The van der Waals surface area contributed by atoms with E-state index in [-0.39, 0.29) is 12.4 Å². The molecule has 0 amide bonds. The van der Waals surface area contributed by atoms with Crippen LogP contribution in [0.25, 0.3) is 6.08 Å². The Labute approximate surface area is 155 Å². The standard InChI is InChI=1S/C20H20BrNO3/c1-13-11-17(14(2)22(13)16-8-9-16)19(23)12-25-20(24)10-7-15-5-3-4-6-18(15)21/h3-7,10-11,16H,8-9,12H2,1-2H3/b10-7+. The van der Waals surface area contributed by atoms with Crippen LogP contribution in [-0.4, -0.2) is 22.9 Å². The van der Waals surface area contributed by atoms with Crippen molar-refractivity contribution in [2.24, 2.45) is 0 Å². The van der Waals surface area contributed by atoms with E-state index in [2.05, 4.69) is 20.5 Å². The average molecular weight is 402 g/mol. The number of halogens is 1. The second-order valence-electron chi connectivity index (χ2n) is 6.27. The maximum atomic E-state index is 12.4. The van der Waals surface area contributed by atoms with Gasteiger partial charge in [-0.25, -0.2) is 4.79 Å². The highest BCUT2D eigenvalue weighted by molar-refractivity contribution is 9.10. The fourth-order valence-electron chi connectivity index (χ4n) is 2.98. The van der Waals surface area contributed by atoms with Gasteiger partial charge in [0.25, 0.3) is 0 Å². The van der Waals surface area contributed by atoms with Gasteiger partial charge < -0.3 is 9.30 Å². The molecule has 0 bridgehead atoms. The minimum Gasteiger partial charge on any atom is -0.454 e. The maximum Gasteiger partial charge on any atom is 0.331 e. The van der Waals surface area contributed by atoms with Gasteiger partial charge in [-0.2, -0.15) is 0 Å². The molecule has 25 heavy (non-hydrogen) atoms. The lowest BCUT2D eigenvalue weighted by Crippen LogP contribution is -2.13. The Morgan fingerprint density at radius 3 is 2.68 bits per heavy atom. The largest absolute Gasteiger partial charge is 0.454 e. The van der Waals surface area contributed by atoms with Crippen molar-refractivity contribution in [1.29, 1.82) is 0 Å². The first-order valence-corrected chi connectivity index (χ1v) is 9.07. The van der Waals surface area contributed by atoms with Gasteiger partial charge in [0.2, 0.25) is 5.78 Å². The first kappa shape index (κ1) is 17.7. The van der Waals surface area contributed by atoms with E-state index in [1.54, 1.807) is 6.08 Å². The number of rotatable bonds is 6. The summed E-state index contributed by atoms with van der Waals surface area (Å²) in [6, 6.07) is 9.97. The van der Waals surface area contributed by atoms with Crippen LogP contribution in [0.1, 0.15) is 46.2 Å². The number of carbonyl (C=O) groups excluding carboxylic acids is 2. The number of aromatic nitrogens is 1. The molecule has 1 aromatic heterocycles. The summed E-state index contributed by atoms with van der Waals surface area (Å²) in [5, 5.41) is 0. The maximum absolute atomic E-state index is 12.4. The molecule has 4 nitrogen and oxygen atoms in total. The molecule has 2 aromatic rings. The zero-order valence-electron chi connectivity index (χ0n) is 14.3.